The predicted octanol–water partition coefficient (Wildman–Crippen LogP) is 5.53. The van der Waals surface area contributed by atoms with Crippen molar-refractivity contribution in [1.29, 1.82) is 0 Å². The monoisotopic (exact) mass is 416 g/mol. The third-order valence-electron chi connectivity index (χ3n) is 6.44. The van der Waals surface area contributed by atoms with E-state index in [0.29, 0.717) is 6.04 Å². The van der Waals surface area contributed by atoms with Gasteiger partial charge >= 0.3 is 0 Å². The SMILES string of the molecule is CC[C@H]1CSC2=N[C@H](c3ccccn3)[C@@H](c3cc(C)n(Cc4ccccc4)c3C)N21. The van der Waals surface area contributed by atoms with E-state index in [-0.39, 0.29) is 12.1 Å². The number of pyridine rings is 1. The van der Waals surface area contributed by atoms with Crippen LogP contribution < -0.4 is 0 Å². The second kappa shape index (κ2) is 7.95. The number of benzene rings is 1. The molecule has 2 aliphatic heterocycles. The summed E-state index contributed by atoms with van der Waals surface area (Å²) < 4.78 is 2.45. The van der Waals surface area contributed by atoms with Crippen LogP contribution in [-0.4, -0.2) is 31.4 Å². The molecular formula is C25H28N4S. The highest BCUT2D eigenvalue weighted by Gasteiger charge is 2.46. The molecular weight excluding hydrogens is 388 g/mol. The number of hydrogen-bond acceptors (Lipinski definition) is 4. The fourth-order valence-electron chi connectivity index (χ4n) is 4.82. The highest BCUT2D eigenvalue weighted by molar-refractivity contribution is 8.14. The van der Waals surface area contributed by atoms with E-state index in [9.17, 15) is 0 Å². The Morgan fingerprint density at radius 3 is 2.60 bits per heavy atom. The topological polar surface area (TPSA) is 33.4 Å². The minimum Gasteiger partial charge on any atom is -0.344 e. The largest absolute Gasteiger partial charge is 0.344 e. The van der Waals surface area contributed by atoms with E-state index in [1.54, 1.807) is 0 Å². The van der Waals surface area contributed by atoms with Gasteiger partial charge in [0.25, 0.3) is 0 Å². The number of aromatic nitrogens is 2. The van der Waals surface area contributed by atoms with Crippen molar-refractivity contribution in [2.45, 2.75) is 51.9 Å². The average molecular weight is 417 g/mol. The van der Waals surface area contributed by atoms with Gasteiger partial charge in [-0.15, -0.1) is 0 Å². The first-order valence-corrected chi connectivity index (χ1v) is 11.8. The summed E-state index contributed by atoms with van der Waals surface area (Å²) in [6.07, 6.45) is 3.03. The van der Waals surface area contributed by atoms with Crippen molar-refractivity contribution in [2.75, 3.05) is 5.75 Å². The molecule has 0 spiro atoms. The summed E-state index contributed by atoms with van der Waals surface area (Å²) in [5.74, 6) is 1.13. The number of aryl methyl sites for hydroxylation is 1. The summed E-state index contributed by atoms with van der Waals surface area (Å²) in [6, 6.07) is 20.1. The molecule has 0 aliphatic carbocycles. The Bertz CT molecular complexity index is 1060. The van der Waals surface area contributed by atoms with Crippen LogP contribution in [0.3, 0.4) is 0 Å². The molecule has 1 saturated heterocycles. The Balaban J connectivity index is 1.57. The maximum Gasteiger partial charge on any atom is 0.160 e. The van der Waals surface area contributed by atoms with Crippen LogP contribution in [0.4, 0.5) is 0 Å². The molecule has 0 saturated carbocycles. The van der Waals surface area contributed by atoms with Gasteiger partial charge in [0.15, 0.2) is 5.17 Å². The number of fused-ring (bicyclic) bond motifs is 1. The van der Waals surface area contributed by atoms with Gasteiger partial charge in [-0.05, 0) is 49.6 Å². The van der Waals surface area contributed by atoms with E-state index in [4.69, 9.17) is 9.98 Å². The number of amidine groups is 1. The lowest BCUT2D eigenvalue weighted by Gasteiger charge is -2.32. The molecule has 5 rings (SSSR count). The second-order valence-electron chi connectivity index (χ2n) is 8.23. The van der Waals surface area contributed by atoms with Crippen LogP contribution in [0.1, 0.15) is 53.6 Å². The van der Waals surface area contributed by atoms with Crippen molar-refractivity contribution in [2.24, 2.45) is 4.99 Å². The van der Waals surface area contributed by atoms with Crippen molar-refractivity contribution in [3.63, 3.8) is 0 Å². The van der Waals surface area contributed by atoms with E-state index >= 15 is 0 Å². The Kier molecular flexibility index (Phi) is 5.15. The van der Waals surface area contributed by atoms with Crippen LogP contribution in [-0.2, 0) is 6.54 Å². The van der Waals surface area contributed by atoms with Gasteiger partial charge in [-0.25, -0.2) is 0 Å². The van der Waals surface area contributed by atoms with Crippen LogP contribution in [0.15, 0.2) is 65.8 Å². The minimum absolute atomic E-state index is 0.0497. The van der Waals surface area contributed by atoms with E-state index in [1.165, 1.54) is 27.7 Å². The van der Waals surface area contributed by atoms with E-state index in [1.807, 2.05) is 24.0 Å². The van der Waals surface area contributed by atoms with Crippen molar-refractivity contribution in [3.8, 4) is 0 Å². The maximum absolute atomic E-state index is 5.17. The lowest BCUT2D eigenvalue weighted by molar-refractivity contribution is 0.254. The molecule has 4 heterocycles. The summed E-state index contributed by atoms with van der Waals surface area (Å²) in [5.41, 5.74) is 6.43. The van der Waals surface area contributed by atoms with Crippen molar-refractivity contribution >= 4 is 16.9 Å². The third-order valence-corrected chi connectivity index (χ3v) is 7.57. The van der Waals surface area contributed by atoms with Gasteiger partial charge in [0, 0.05) is 35.9 Å². The van der Waals surface area contributed by atoms with E-state index < -0.39 is 0 Å². The highest BCUT2D eigenvalue weighted by atomic mass is 32.2. The zero-order chi connectivity index (χ0) is 20.7. The fraction of sp³-hybridized carbons (Fsp3) is 0.360. The molecule has 30 heavy (non-hydrogen) atoms. The fourth-order valence-corrected chi connectivity index (χ4v) is 6.16. The predicted molar refractivity (Wildman–Crippen MR) is 125 cm³/mol. The first kappa shape index (κ1) is 19.4. The smallest absolute Gasteiger partial charge is 0.160 e. The van der Waals surface area contributed by atoms with Crippen LogP contribution in [0.5, 0.6) is 0 Å². The first-order chi connectivity index (χ1) is 14.7. The molecule has 2 aliphatic rings. The molecule has 1 fully saturated rings. The molecule has 3 aromatic rings. The Morgan fingerprint density at radius 1 is 1.07 bits per heavy atom. The molecule has 1 aromatic carbocycles. The van der Waals surface area contributed by atoms with Gasteiger partial charge in [0.05, 0.1) is 11.7 Å². The van der Waals surface area contributed by atoms with Gasteiger partial charge < -0.3 is 9.47 Å². The summed E-state index contributed by atoms with van der Waals surface area (Å²) >= 11 is 1.90. The van der Waals surface area contributed by atoms with Gasteiger partial charge in [-0.2, -0.15) is 0 Å². The number of thioether (sulfide) groups is 1. The molecule has 4 nitrogen and oxygen atoms in total. The molecule has 0 amide bonds. The molecule has 0 bridgehead atoms. The molecule has 0 N–H and O–H groups in total. The quantitative estimate of drug-likeness (QED) is 0.548. The Morgan fingerprint density at radius 2 is 1.87 bits per heavy atom. The standard InChI is InChI=1S/C25H28N4S/c1-4-20-16-30-25-27-23(22-12-8-9-13-26-22)24(29(20)25)21-14-17(2)28(18(21)3)15-19-10-6-5-7-11-19/h5-14,20,23-24H,4,15-16H2,1-3H3/t20-,23+,24+/m0/s1. The van der Waals surface area contributed by atoms with Crippen LogP contribution in [0.2, 0.25) is 0 Å². The molecule has 5 heteroatoms. The zero-order valence-electron chi connectivity index (χ0n) is 17.8. The lowest BCUT2D eigenvalue weighted by atomic mass is 9.95. The van der Waals surface area contributed by atoms with Crippen LogP contribution in [0, 0.1) is 13.8 Å². The maximum atomic E-state index is 5.17. The normalized spacial score (nSPS) is 23.0. The Labute approximate surface area is 183 Å². The van der Waals surface area contributed by atoms with Gasteiger partial charge in [0.1, 0.15) is 6.04 Å². The van der Waals surface area contributed by atoms with Crippen LogP contribution in [0.25, 0.3) is 0 Å². The van der Waals surface area contributed by atoms with Gasteiger partial charge in [-0.3, -0.25) is 9.98 Å². The molecule has 0 unspecified atom stereocenters. The lowest BCUT2D eigenvalue weighted by Crippen LogP contribution is -2.35. The van der Waals surface area contributed by atoms with Crippen molar-refractivity contribution < 1.29 is 0 Å². The summed E-state index contributed by atoms with van der Waals surface area (Å²) in [6.45, 7) is 7.68. The summed E-state index contributed by atoms with van der Waals surface area (Å²) in [7, 11) is 0. The number of nitrogens with zero attached hydrogens (tertiary/aromatic N) is 4. The molecule has 0 radical (unpaired) electrons. The zero-order valence-corrected chi connectivity index (χ0v) is 18.6. The Hall–Kier alpha value is -2.53. The summed E-state index contributed by atoms with van der Waals surface area (Å²) in [4.78, 5) is 12.4. The average Bonchev–Trinajstić information content (AvgIpc) is 3.43. The van der Waals surface area contributed by atoms with Gasteiger partial charge in [-0.1, -0.05) is 55.1 Å². The van der Waals surface area contributed by atoms with Gasteiger partial charge in [0.2, 0.25) is 0 Å². The van der Waals surface area contributed by atoms with E-state index in [0.717, 1.165) is 24.4 Å². The minimum atomic E-state index is 0.0497. The van der Waals surface area contributed by atoms with Crippen molar-refractivity contribution in [1.82, 2.24) is 14.5 Å². The van der Waals surface area contributed by atoms with Crippen molar-refractivity contribution in [3.05, 3.63) is 89.0 Å². The third kappa shape index (κ3) is 3.25. The molecule has 3 atom stereocenters. The number of aliphatic imine (C=N–C) groups is 1. The summed E-state index contributed by atoms with van der Waals surface area (Å²) in [5, 5.41) is 1.19. The number of hydrogen-bond donors (Lipinski definition) is 0. The molecule has 154 valence electrons. The highest BCUT2D eigenvalue weighted by Crippen LogP contribution is 2.49. The number of rotatable bonds is 5. The molecule has 2 aromatic heterocycles. The van der Waals surface area contributed by atoms with Crippen LogP contribution >= 0.6 is 11.8 Å². The first-order valence-electron chi connectivity index (χ1n) is 10.8. The van der Waals surface area contributed by atoms with E-state index in [2.05, 4.69) is 78.8 Å². The second-order valence-corrected chi connectivity index (χ2v) is 9.22.